The number of nitrogen functional groups attached to an aromatic ring is 1. The molecule has 3 atom stereocenters. The average Bonchev–Trinajstić information content (AvgIpc) is 3.05. The zero-order valence-corrected chi connectivity index (χ0v) is 12.2. The number of hydrogen-bond donors (Lipinski definition) is 4. The van der Waals surface area contributed by atoms with Crippen LogP contribution in [0.2, 0.25) is 0 Å². The van der Waals surface area contributed by atoms with Crippen LogP contribution in [0.1, 0.15) is 12.6 Å². The summed E-state index contributed by atoms with van der Waals surface area (Å²) in [6.45, 7) is 3.39. The maximum absolute atomic E-state index is 12.0. The topological polar surface area (TPSA) is 149 Å². The highest BCUT2D eigenvalue weighted by molar-refractivity contribution is 5.72. The lowest BCUT2D eigenvalue weighted by atomic mass is 10.2. The Bertz CT molecular complexity index is 785. The zero-order valence-electron chi connectivity index (χ0n) is 12.2. The van der Waals surface area contributed by atoms with Gasteiger partial charge in [-0.25, -0.2) is 0 Å². The molecule has 3 rings (SSSR count). The van der Waals surface area contributed by atoms with E-state index in [1.54, 1.807) is 0 Å². The molecule has 0 spiro atoms. The van der Waals surface area contributed by atoms with E-state index in [1.165, 1.54) is 10.6 Å². The summed E-state index contributed by atoms with van der Waals surface area (Å²) in [5.41, 5.74) is 5.31. The van der Waals surface area contributed by atoms with E-state index in [-0.39, 0.29) is 42.8 Å². The van der Waals surface area contributed by atoms with Gasteiger partial charge in [-0.1, -0.05) is 12.7 Å². The Morgan fingerprint density at radius 3 is 3.00 bits per heavy atom. The lowest BCUT2D eigenvalue weighted by molar-refractivity contribution is -0.0453. The van der Waals surface area contributed by atoms with Crippen molar-refractivity contribution in [2.75, 3.05) is 18.9 Å². The molecule has 0 saturated carbocycles. The van der Waals surface area contributed by atoms with Crippen LogP contribution in [-0.4, -0.2) is 55.2 Å². The zero-order chi connectivity index (χ0) is 16.6. The third-order valence-corrected chi connectivity index (χ3v) is 3.54. The predicted octanol–water partition coefficient (Wildman–Crippen LogP) is -1.09. The van der Waals surface area contributed by atoms with Crippen LogP contribution in [0, 0.1) is 0 Å². The quantitative estimate of drug-likeness (QED) is 0.507. The van der Waals surface area contributed by atoms with Gasteiger partial charge in [0.1, 0.15) is 18.9 Å². The van der Waals surface area contributed by atoms with Gasteiger partial charge in [-0.15, -0.1) is 0 Å². The second-order valence-electron chi connectivity index (χ2n) is 5.10. The molecule has 0 bridgehead atoms. The van der Waals surface area contributed by atoms with Gasteiger partial charge >= 0.3 is 6.01 Å². The van der Waals surface area contributed by atoms with Gasteiger partial charge in [-0.2, -0.15) is 9.97 Å². The first-order valence-corrected chi connectivity index (χ1v) is 7.01. The van der Waals surface area contributed by atoms with Crippen molar-refractivity contribution in [1.82, 2.24) is 19.5 Å². The van der Waals surface area contributed by atoms with Crippen LogP contribution in [0.25, 0.3) is 11.2 Å². The van der Waals surface area contributed by atoms with Crippen molar-refractivity contribution in [3.05, 3.63) is 23.0 Å². The fourth-order valence-electron chi connectivity index (χ4n) is 2.51. The molecule has 1 aliphatic rings. The normalized spacial score (nSPS) is 24.2. The number of aromatic nitrogens is 4. The van der Waals surface area contributed by atoms with Crippen LogP contribution in [0.5, 0.6) is 6.01 Å². The number of aliphatic hydroxyl groups is 2. The lowest BCUT2D eigenvalue weighted by Gasteiger charge is -2.16. The molecule has 5 N–H and O–H groups in total. The van der Waals surface area contributed by atoms with Crippen LogP contribution < -0.4 is 16.0 Å². The fraction of sp³-hybridized carbons (Fsp3) is 0.462. The van der Waals surface area contributed by atoms with Gasteiger partial charge in [0.2, 0.25) is 5.95 Å². The Hall–Kier alpha value is -2.43. The van der Waals surface area contributed by atoms with Crippen molar-refractivity contribution < 1.29 is 19.7 Å². The number of fused-ring (bicyclic) bond motifs is 1. The standard InChI is InChI=1S/C13H17N5O5/c1-2-3-22-13-15-9-10(16-12(14)17-11(9)21)18(13)8-4-6(20)7(5-19)23-8/h2,6-8,19-20H,1,3-5H2,(H3,14,16,17,21)/t6-,7+,8+/m0/s1. The van der Waals surface area contributed by atoms with E-state index in [4.69, 9.17) is 15.2 Å². The molecule has 0 aliphatic carbocycles. The number of aliphatic hydroxyl groups excluding tert-OH is 2. The number of ether oxygens (including phenoxy) is 2. The third kappa shape index (κ3) is 2.67. The van der Waals surface area contributed by atoms with Crippen LogP contribution in [0.3, 0.4) is 0 Å². The molecule has 0 amide bonds. The molecule has 2 aromatic rings. The second kappa shape index (κ2) is 5.99. The molecule has 0 aromatic carbocycles. The number of rotatable bonds is 5. The number of aromatic amines is 1. The average molecular weight is 323 g/mol. The van der Waals surface area contributed by atoms with E-state index in [1.807, 2.05) is 0 Å². The maximum atomic E-state index is 12.0. The van der Waals surface area contributed by atoms with Crippen LogP contribution >= 0.6 is 0 Å². The summed E-state index contributed by atoms with van der Waals surface area (Å²) in [6, 6.07) is 0.0966. The van der Waals surface area contributed by atoms with Gasteiger partial charge in [0, 0.05) is 6.42 Å². The molecule has 124 valence electrons. The van der Waals surface area contributed by atoms with E-state index in [0.717, 1.165) is 0 Å². The molecule has 0 unspecified atom stereocenters. The minimum absolute atomic E-state index is 0.0452. The summed E-state index contributed by atoms with van der Waals surface area (Å²) in [7, 11) is 0. The van der Waals surface area contributed by atoms with Crippen molar-refractivity contribution in [3.8, 4) is 6.01 Å². The lowest BCUT2D eigenvalue weighted by Crippen LogP contribution is -2.24. The molecule has 23 heavy (non-hydrogen) atoms. The number of nitrogens with zero attached hydrogens (tertiary/aromatic N) is 3. The minimum Gasteiger partial charge on any atom is -0.460 e. The molecular weight excluding hydrogens is 306 g/mol. The summed E-state index contributed by atoms with van der Waals surface area (Å²) in [4.78, 5) is 22.5. The summed E-state index contributed by atoms with van der Waals surface area (Å²) in [6.07, 6.45) is -0.565. The minimum atomic E-state index is -0.853. The van der Waals surface area contributed by atoms with Gasteiger partial charge in [-0.3, -0.25) is 14.3 Å². The largest absolute Gasteiger partial charge is 0.460 e. The number of nitrogens with one attached hydrogen (secondary N) is 1. The number of anilines is 1. The van der Waals surface area contributed by atoms with E-state index < -0.39 is 24.0 Å². The van der Waals surface area contributed by atoms with E-state index in [2.05, 4.69) is 21.5 Å². The second-order valence-corrected chi connectivity index (χ2v) is 5.10. The molecule has 10 heteroatoms. The first kappa shape index (κ1) is 15.5. The Balaban J connectivity index is 2.12. The Morgan fingerprint density at radius 2 is 2.35 bits per heavy atom. The van der Waals surface area contributed by atoms with Crippen molar-refractivity contribution >= 4 is 17.1 Å². The van der Waals surface area contributed by atoms with Crippen molar-refractivity contribution in [3.63, 3.8) is 0 Å². The first-order chi connectivity index (χ1) is 11.0. The monoisotopic (exact) mass is 323 g/mol. The molecule has 1 saturated heterocycles. The number of nitrogens with two attached hydrogens (primary N) is 1. The van der Waals surface area contributed by atoms with E-state index in [0.29, 0.717) is 0 Å². The highest BCUT2D eigenvalue weighted by Crippen LogP contribution is 2.34. The van der Waals surface area contributed by atoms with Gasteiger partial charge in [0.15, 0.2) is 11.2 Å². The first-order valence-electron chi connectivity index (χ1n) is 7.01. The summed E-state index contributed by atoms with van der Waals surface area (Å²) in [5.74, 6) is -0.0730. The molecule has 2 aromatic heterocycles. The number of H-pyrrole nitrogens is 1. The Kier molecular flexibility index (Phi) is 4.03. The molecule has 1 aliphatic heterocycles. The van der Waals surface area contributed by atoms with E-state index in [9.17, 15) is 15.0 Å². The third-order valence-electron chi connectivity index (χ3n) is 3.54. The van der Waals surface area contributed by atoms with Crippen LogP contribution in [-0.2, 0) is 4.74 Å². The van der Waals surface area contributed by atoms with Crippen molar-refractivity contribution in [2.24, 2.45) is 0 Å². The highest BCUT2D eigenvalue weighted by Gasteiger charge is 2.37. The molecule has 1 fully saturated rings. The molecule has 3 heterocycles. The Labute approximate surface area is 130 Å². The number of hydrogen-bond acceptors (Lipinski definition) is 8. The molecule has 0 radical (unpaired) electrons. The van der Waals surface area contributed by atoms with Gasteiger partial charge in [0.25, 0.3) is 5.56 Å². The highest BCUT2D eigenvalue weighted by atomic mass is 16.6. The Morgan fingerprint density at radius 1 is 1.57 bits per heavy atom. The van der Waals surface area contributed by atoms with Crippen molar-refractivity contribution in [2.45, 2.75) is 24.9 Å². The fourth-order valence-corrected chi connectivity index (χ4v) is 2.51. The van der Waals surface area contributed by atoms with E-state index >= 15 is 0 Å². The van der Waals surface area contributed by atoms with Crippen LogP contribution in [0.4, 0.5) is 5.95 Å². The number of imidazole rings is 1. The SMILES string of the molecule is C=CCOc1nc2c(=O)[nH]c(N)nc2n1[C@H]1C[C@H](O)[C@@H](CO)O1. The van der Waals surface area contributed by atoms with Crippen LogP contribution in [0.15, 0.2) is 17.4 Å². The van der Waals surface area contributed by atoms with Crippen molar-refractivity contribution in [1.29, 1.82) is 0 Å². The smallest absolute Gasteiger partial charge is 0.301 e. The predicted molar refractivity (Wildman–Crippen MR) is 79.9 cm³/mol. The van der Waals surface area contributed by atoms with Gasteiger partial charge < -0.3 is 25.4 Å². The molecule has 10 nitrogen and oxygen atoms in total. The summed E-state index contributed by atoms with van der Waals surface area (Å²) in [5, 5.41) is 19.1. The summed E-state index contributed by atoms with van der Waals surface area (Å²) < 4.78 is 12.5. The maximum Gasteiger partial charge on any atom is 0.301 e. The summed E-state index contributed by atoms with van der Waals surface area (Å²) >= 11 is 0. The van der Waals surface area contributed by atoms with Gasteiger partial charge in [-0.05, 0) is 0 Å². The van der Waals surface area contributed by atoms with Gasteiger partial charge in [0.05, 0.1) is 12.7 Å². The molecular formula is C13H17N5O5.